The number of hydrogen-bond acceptors (Lipinski definition) is 3. The Morgan fingerprint density at radius 1 is 1.46 bits per heavy atom. The van der Waals surface area contributed by atoms with E-state index in [4.69, 9.17) is 5.11 Å². The van der Waals surface area contributed by atoms with E-state index >= 15 is 0 Å². The number of thiocarbonyl (C=S) groups is 1. The van der Waals surface area contributed by atoms with Gasteiger partial charge in [0.1, 0.15) is 6.61 Å². The zero-order valence-electron chi connectivity index (χ0n) is 6.82. The van der Waals surface area contributed by atoms with Gasteiger partial charge >= 0.3 is 0 Å². The molecule has 0 aromatic heterocycles. The summed E-state index contributed by atoms with van der Waals surface area (Å²) >= 11 is 4.47. The molecule has 1 aromatic rings. The van der Waals surface area contributed by atoms with Crippen molar-refractivity contribution in [2.45, 2.75) is 0 Å². The molecule has 1 rings (SSSR count). The van der Waals surface area contributed by atoms with Crippen molar-refractivity contribution in [1.29, 1.82) is 0 Å². The van der Waals surface area contributed by atoms with Gasteiger partial charge in [-0.3, -0.25) is 0 Å². The number of aliphatic hydroxyl groups excluding tert-OH is 1. The Kier molecular flexibility index (Phi) is 3.87. The highest BCUT2D eigenvalue weighted by Crippen LogP contribution is 2.12. The summed E-state index contributed by atoms with van der Waals surface area (Å²) in [6.45, 7) is -0.138. The maximum atomic E-state index is 8.47. The molecule has 3 heteroatoms. The van der Waals surface area contributed by atoms with Crippen molar-refractivity contribution >= 4 is 23.1 Å². The van der Waals surface area contributed by atoms with Crippen molar-refractivity contribution in [3.05, 3.63) is 29.8 Å². The molecular formula is C10H7NOS. The lowest BCUT2D eigenvalue weighted by Crippen LogP contribution is -1.75. The molecule has 13 heavy (non-hydrogen) atoms. The van der Waals surface area contributed by atoms with Crippen LogP contribution in [-0.2, 0) is 0 Å². The third-order valence-corrected chi connectivity index (χ3v) is 1.42. The van der Waals surface area contributed by atoms with E-state index in [2.05, 4.69) is 34.2 Å². The Morgan fingerprint density at radius 3 is 3.00 bits per heavy atom. The first kappa shape index (κ1) is 9.63. The van der Waals surface area contributed by atoms with Gasteiger partial charge in [0.25, 0.3) is 0 Å². The summed E-state index contributed by atoms with van der Waals surface area (Å²) in [5.41, 5.74) is 1.53. The second kappa shape index (κ2) is 5.23. The number of aliphatic hydroxyl groups is 1. The van der Waals surface area contributed by atoms with Crippen molar-refractivity contribution in [3.8, 4) is 11.8 Å². The van der Waals surface area contributed by atoms with E-state index in [1.165, 1.54) is 0 Å². The van der Waals surface area contributed by atoms with Crippen LogP contribution >= 0.6 is 12.2 Å². The zero-order valence-corrected chi connectivity index (χ0v) is 7.64. The van der Waals surface area contributed by atoms with Crippen LogP contribution in [0.1, 0.15) is 5.56 Å². The predicted octanol–water partition coefficient (Wildman–Crippen LogP) is 1.76. The predicted molar refractivity (Wildman–Crippen MR) is 55.1 cm³/mol. The Labute approximate surface area is 81.9 Å². The highest BCUT2D eigenvalue weighted by Gasteiger charge is 1.89. The van der Waals surface area contributed by atoms with Crippen LogP contribution in [-0.4, -0.2) is 16.9 Å². The molecule has 0 spiro atoms. The summed E-state index contributed by atoms with van der Waals surface area (Å²) in [7, 11) is 0. The van der Waals surface area contributed by atoms with Crippen molar-refractivity contribution < 1.29 is 5.11 Å². The van der Waals surface area contributed by atoms with E-state index in [1.54, 1.807) is 6.07 Å². The number of hydrogen-bond donors (Lipinski definition) is 1. The Bertz CT molecular complexity index is 397. The first-order valence-electron chi connectivity index (χ1n) is 3.64. The Morgan fingerprint density at radius 2 is 2.31 bits per heavy atom. The van der Waals surface area contributed by atoms with Crippen molar-refractivity contribution in [2.75, 3.05) is 6.61 Å². The average Bonchev–Trinajstić information content (AvgIpc) is 2.16. The van der Waals surface area contributed by atoms with E-state index < -0.39 is 0 Å². The summed E-state index contributed by atoms with van der Waals surface area (Å²) < 4.78 is 0. The summed E-state index contributed by atoms with van der Waals surface area (Å²) in [5, 5.41) is 10.8. The largest absolute Gasteiger partial charge is 0.384 e. The molecule has 0 saturated heterocycles. The van der Waals surface area contributed by atoms with Gasteiger partial charge in [0.05, 0.1) is 10.8 Å². The van der Waals surface area contributed by atoms with Gasteiger partial charge in [-0.1, -0.05) is 17.9 Å². The number of nitrogens with zero attached hydrogens (tertiary/aromatic N) is 1. The number of isothiocyanates is 1. The number of aliphatic imine (C=N–C) groups is 1. The second-order valence-electron chi connectivity index (χ2n) is 2.21. The topological polar surface area (TPSA) is 32.6 Å². The van der Waals surface area contributed by atoms with E-state index in [0.717, 1.165) is 11.3 Å². The fourth-order valence-electron chi connectivity index (χ4n) is 0.848. The van der Waals surface area contributed by atoms with Crippen LogP contribution in [0.4, 0.5) is 5.69 Å². The van der Waals surface area contributed by atoms with Crippen molar-refractivity contribution in [1.82, 2.24) is 0 Å². The second-order valence-corrected chi connectivity index (χ2v) is 2.40. The molecule has 0 heterocycles. The lowest BCUT2D eigenvalue weighted by atomic mass is 10.2. The minimum Gasteiger partial charge on any atom is -0.384 e. The van der Waals surface area contributed by atoms with Crippen LogP contribution in [0.3, 0.4) is 0 Å². The lowest BCUT2D eigenvalue weighted by molar-refractivity contribution is 0.350. The molecule has 0 aliphatic rings. The minimum absolute atomic E-state index is 0.138. The van der Waals surface area contributed by atoms with Crippen LogP contribution < -0.4 is 0 Å². The number of benzene rings is 1. The maximum absolute atomic E-state index is 8.47. The molecule has 0 aliphatic carbocycles. The van der Waals surface area contributed by atoms with E-state index in [1.807, 2.05) is 18.2 Å². The molecule has 64 valence electrons. The SMILES string of the molecule is OCC#Cc1cccc(N=C=S)c1. The molecule has 0 bridgehead atoms. The van der Waals surface area contributed by atoms with Gasteiger partial charge in [0.15, 0.2) is 0 Å². The van der Waals surface area contributed by atoms with Gasteiger partial charge in [-0.05, 0) is 30.4 Å². The van der Waals surface area contributed by atoms with Gasteiger partial charge in [-0.2, -0.15) is 4.99 Å². The first-order chi connectivity index (χ1) is 6.36. The molecule has 0 unspecified atom stereocenters. The molecule has 1 N–H and O–H groups in total. The monoisotopic (exact) mass is 189 g/mol. The third-order valence-electron chi connectivity index (χ3n) is 1.33. The quantitative estimate of drug-likeness (QED) is 0.415. The van der Waals surface area contributed by atoms with Crippen LogP contribution in [0.25, 0.3) is 0 Å². The van der Waals surface area contributed by atoms with E-state index in [9.17, 15) is 0 Å². The summed E-state index contributed by atoms with van der Waals surface area (Å²) in [4.78, 5) is 3.81. The molecule has 0 radical (unpaired) electrons. The van der Waals surface area contributed by atoms with Crippen LogP contribution in [0.2, 0.25) is 0 Å². The fourth-order valence-corrected chi connectivity index (χ4v) is 0.953. The molecule has 0 atom stereocenters. The highest BCUT2D eigenvalue weighted by molar-refractivity contribution is 7.78. The maximum Gasteiger partial charge on any atom is 0.104 e. The third kappa shape index (κ3) is 3.18. The minimum atomic E-state index is -0.138. The summed E-state index contributed by atoms with van der Waals surface area (Å²) in [6, 6.07) is 7.25. The first-order valence-corrected chi connectivity index (χ1v) is 4.05. The summed E-state index contributed by atoms with van der Waals surface area (Å²) in [6.07, 6.45) is 0. The summed E-state index contributed by atoms with van der Waals surface area (Å²) in [5.74, 6) is 5.32. The molecule has 1 aromatic carbocycles. The van der Waals surface area contributed by atoms with Gasteiger partial charge in [0.2, 0.25) is 0 Å². The Balaban J connectivity index is 2.98. The molecule has 0 amide bonds. The molecule has 2 nitrogen and oxygen atoms in total. The fraction of sp³-hybridized carbons (Fsp3) is 0.100. The highest BCUT2D eigenvalue weighted by atomic mass is 32.1. The van der Waals surface area contributed by atoms with Crippen LogP contribution in [0, 0.1) is 11.8 Å². The standard InChI is InChI=1S/C10H7NOS/c12-6-2-4-9-3-1-5-10(7-9)11-8-13/h1,3,5,7,12H,6H2. The average molecular weight is 189 g/mol. The van der Waals surface area contributed by atoms with Crippen molar-refractivity contribution in [2.24, 2.45) is 4.99 Å². The van der Waals surface area contributed by atoms with E-state index in [0.29, 0.717) is 0 Å². The molecule has 0 saturated carbocycles. The van der Waals surface area contributed by atoms with Gasteiger partial charge < -0.3 is 5.11 Å². The van der Waals surface area contributed by atoms with Gasteiger partial charge in [-0.25, -0.2) is 0 Å². The normalized spacial score (nSPS) is 8.08. The molecule has 0 aliphatic heterocycles. The smallest absolute Gasteiger partial charge is 0.104 e. The van der Waals surface area contributed by atoms with Crippen LogP contribution in [0.5, 0.6) is 0 Å². The zero-order chi connectivity index (χ0) is 9.52. The lowest BCUT2D eigenvalue weighted by Gasteiger charge is -1.91. The molecular weight excluding hydrogens is 182 g/mol. The van der Waals surface area contributed by atoms with Crippen molar-refractivity contribution in [3.63, 3.8) is 0 Å². The van der Waals surface area contributed by atoms with E-state index in [-0.39, 0.29) is 6.61 Å². The Hall–Kier alpha value is -1.46. The van der Waals surface area contributed by atoms with Gasteiger partial charge in [-0.15, -0.1) is 0 Å². The van der Waals surface area contributed by atoms with Crippen LogP contribution in [0.15, 0.2) is 29.3 Å². The van der Waals surface area contributed by atoms with Gasteiger partial charge in [0, 0.05) is 5.56 Å². The number of rotatable bonds is 1. The molecule has 0 fully saturated rings.